The Morgan fingerprint density at radius 1 is 0.889 bits per heavy atom. The highest BCUT2D eigenvalue weighted by Gasteiger charge is 2.39. The van der Waals surface area contributed by atoms with E-state index in [-0.39, 0.29) is 11.2 Å². The van der Waals surface area contributed by atoms with E-state index in [1.54, 1.807) is 4.90 Å². The maximum atomic E-state index is 13.2. The molecular formula is C22H17ClN2OS. The largest absolute Gasteiger partial charge is 0.273 e. The Hall–Kier alpha value is -2.56. The molecule has 1 aliphatic heterocycles. The molecule has 4 rings (SSSR count). The van der Waals surface area contributed by atoms with E-state index in [0.29, 0.717) is 16.6 Å². The van der Waals surface area contributed by atoms with Gasteiger partial charge in [-0.15, -0.1) is 0 Å². The first kappa shape index (κ1) is 17.8. The molecule has 0 unspecified atom stereocenters. The lowest BCUT2D eigenvalue weighted by Gasteiger charge is -2.16. The lowest BCUT2D eigenvalue weighted by molar-refractivity contribution is -0.116. The van der Waals surface area contributed by atoms with Crippen molar-refractivity contribution in [2.75, 3.05) is 4.90 Å². The molecule has 1 heterocycles. The smallest absolute Gasteiger partial charge is 0.247 e. The van der Waals surface area contributed by atoms with Gasteiger partial charge in [-0.3, -0.25) is 9.69 Å². The number of carbonyl (C=O) groups excluding carboxylic acids is 1. The Morgan fingerprint density at radius 2 is 1.52 bits per heavy atom. The predicted octanol–water partition coefficient (Wildman–Crippen LogP) is 5.72. The van der Waals surface area contributed by atoms with Crippen molar-refractivity contribution in [1.82, 2.24) is 0 Å². The van der Waals surface area contributed by atoms with Gasteiger partial charge < -0.3 is 0 Å². The number of benzene rings is 3. The summed E-state index contributed by atoms with van der Waals surface area (Å²) < 4.78 is 0. The molecule has 0 saturated carbocycles. The molecule has 5 heteroatoms. The third-order valence-electron chi connectivity index (χ3n) is 4.29. The molecule has 0 spiro atoms. The Balaban J connectivity index is 1.69. The van der Waals surface area contributed by atoms with Gasteiger partial charge in [0, 0.05) is 5.02 Å². The minimum Gasteiger partial charge on any atom is -0.273 e. The van der Waals surface area contributed by atoms with Crippen LogP contribution in [-0.4, -0.2) is 16.3 Å². The number of carbonyl (C=O) groups is 1. The Bertz CT molecular complexity index is 976. The number of rotatable bonds is 4. The monoisotopic (exact) mass is 392 g/mol. The van der Waals surface area contributed by atoms with Gasteiger partial charge in [0.25, 0.3) is 0 Å². The van der Waals surface area contributed by atoms with Crippen molar-refractivity contribution >= 4 is 45.8 Å². The van der Waals surface area contributed by atoms with Crippen molar-refractivity contribution in [2.45, 2.75) is 11.7 Å². The van der Waals surface area contributed by atoms with E-state index in [9.17, 15) is 4.79 Å². The van der Waals surface area contributed by atoms with Gasteiger partial charge in [0.15, 0.2) is 5.17 Å². The van der Waals surface area contributed by atoms with Crippen LogP contribution in [0.4, 0.5) is 11.4 Å². The lowest BCUT2D eigenvalue weighted by Crippen LogP contribution is -2.32. The molecule has 0 bridgehead atoms. The summed E-state index contributed by atoms with van der Waals surface area (Å²) in [4.78, 5) is 19.6. The molecule has 27 heavy (non-hydrogen) atoms. The Morgan fingerprint density at radius 3 is 2.22 bits per heavy atom. The van der Waals surface area contributed by atoms with Crippen molar-refractivity contribution < 1.29 is 4.79 Å². The average Bonchev–Trinajstić information content (AvgIpc) is 3.00. The van der Waals surface area contributed by atoms with E-state index in [4.69, 9.17) is 16.6 Å². The zero-order chi connectivity index (χ0) is 18.6. The molecule has 1 aliphatic rings. The maximum Gasteiger partial charge on any atom is 0.247 e. The number of hydrogen-bond acceptors (Lipinski definition) is 3. The molecule has 0 radical (unpaired) electrons. The maximum absolute atomic E-state index is 13.2. The summed E-state index contributed by atoms with van der Waals surface area (Å²) in [5, 5.41) is 1.12. The molecule has 1 amide bonds. The summed E-state index contributed by atoms with van der Waals surface area (Å²) in [5.41, 5.74) is 2.62. The number of amidine groups is 1. The molecule has 1 atom stereocenters. The van der Waals surface area contributed by atoms with Crippen molar-refractivity contribution in [3.63, 3.8) is 0 Å². The third kappa shape index (κ3) is 3.92. The van der Waals surface area contributed by atoms with Crippen molar-refractivity contribution in [3.8, 4) is 0 Å². The highest BCUT2D eigenvalue weighted by Crippen LogP contribution is 2.36. The number of aliphatic imine (C=N–C) groups is 1. The fraction of sp³-hybridized carbons (Fsp3) is 0.0909. The molecule has 134 valence electrons. The van der Waals surface area contributed by atoms with Crippen LogP contribution in [0.2, 0.25) is 5.02 Å². The van der Waals surface area contributed by atoms with E-state index in [0.717, 1.165) is 16.9 Å². The van der Waals surface area contributed by atoms with Gasteiger partial charge in [-0.2, -0.15) is 0 Å². The van der Waals surface area contributed by atoms with Crippen LogP contribution in [0, 0.1) is 0 Å². The molecule has 0 aliphatic carbocycles. The summed E-state index contributed by atoms with van der Waals surface area (Å²) in [5.74, 6) is 0.0285. The molecule has 1 saturated heterocycles. The van der Waals surface area contributed by atoms with Crippen molar-refractivity contribution in [1.29, 1.82) is 0 Å². The number of thioether (sulfide) groups is 1. The van der Waals surface area contributed by atoms with Crippen LogP contribution in [0.5, 0.6) is 0 Å². The first-order chi connectivity index (χ1) is 13.2. The van der Waals surface area contributed by atoms with Crippen molar-refractivity contribution in [3.05, 3.63) is 95.5 Å². The van der Waals surface area contributed by atoms with E-state index in [2.05, 4.69) is 0 Å². The van der Waals surface area contributed by atoms with Gasteiger partial charge in [0.05, 0.1) is 16.6 Å². The third-order valence-corrected chi connectivity index (χ3v) is 5.80. The number of hydrogen-bond donors (Lipinski definition) is 0. The highest BCUT2D eigenvalue weighted by molar-refractivity contribution is 8.16. The standard InChI is InChI=1S/C22H17ClN2OS/c23-19-14-8-7-9-16(19)15-20-21(26)25(18-12-5-2-6-13-18)22(27-20)24-17-10-3-1-4-11-17/h1-14,20H,15H2/t20-/m1/s1. The van der Waals surface area contributed by atoms with Gasteiger partial charge in [0.2, 0.25) is 5.91 Å². The van der Waals surface area contributed by atoms with Gasteiger partial charge in [-0.05, 0) is 42.3 Å². The van der Waals surface area contributed by atoms with Crippen LogP contribution in [0.15, 0.2) is 89.9 Å². The van der Waals surface area contributed by atoms with Gasteiger partial charge in [0.1, 0.15) is 0 Å². The summed E-state index contributed by atoms with van der Waals surface area (Å²) >= 11 is 7.79. The van der Waals surface area contributed by atoms with Crippen LogP contribution in [0.3, 0.4) is 0 Å². The van der Waals surface area contributed by atoms with Crippen LogP contribution >= 0.6 is 23.4 Å². The number of nitrogens with zero attached hydrogens (tertiary/aromatic N) is 2. The molecule has 3 aromatic carbocycles. The first-order valence-electron chi connectivity index (χ1n) is 8.65. The second kappa shape index (κ2) is 7.99. The molecule has 0 aromatic heterocycles. The number of para-hydroxylation sites is 2. The summed E-state index contributed by atoms with van der Waals surface area (Å²) in [6.07, 6.45) is 0.570. The second-order valence-corrected chi connectivity index (χ2v) is 7.72. The first-order valence-corrected chi connectivity index (χ1v) is 9.91. The fourth-order valence-corrected chi connectivity index (χ4v) is 4.36. The molecule has 3 nitrogen and oxygen atoms in total. The Kier molecular flexibility index (Phi) is 5.28. The van der Waals surface area contributed by atoms with Crippen LogP contribution in [0.1, 0.15) is 5.56 Å². The van der Waals surface area contributed by atoms with E-state index >= 15 is 0 Å². The highest BCUT2D eigenvalue weighted by atomic mass is 35.5. The quantitative estimate of drug-likeness (QED) is 0.568. The topological polar surface area (TPSA) is 32.7 Å². The van der Waals surface area contributed by atoms with E-state index in [1.165, 1.54) is 11.8 Å². The minimum absolute atomic E-state index is 0.0285. The summed E-state index contributed by atoms with van der Waals surface area (Å²) in [7, 11) is 0. The molecule has 1 fully saturated rings. The normalized spacial score (nSPS) is 18.3. The van der Waals surface area contributed by atoms with Crippen molar-refractivity contribution in [2.24, 2.45) is 4.99 Å². The number of anilines is 1. The number of amides is 1. The van der Waals surface area contributed by atoms with Gasteiger partial charge >= 0.3 is 0 Å². The van der Waals surface area contributed by atoms with Crippen LogP contribution in [-0.2, 0) is 11.2 Å². The Labute approximate surface area is 167 Å². The SMILES string of the molecule is O=C1[C@@H](Cc2ccccc2Cl)SC(=Nc2ccccc2)N1c1ccccc1. The van der Waals surface area contributed by atoms with Crippen LogP contribution < -0.4 is 4.90 Å². The van der Waals surface area contributed by atoms with E-state index < -0.39 is 0 Å². The molecule has 0 N–H and O–H groups in total. The zero-order valence-corrected chi connectivity index (χ0v) is 16.0. The van der Waals surface area contributed by atoms with Gasteiger partial charge in [-0.1, -0.05) is 78.0 Å². The molecular weight excluding hydrogens is 376 g/mol. The van der Waals surface area contributed by atoms with E-state index in [1.807, 2.05) is 84.9 Å². The fourth-order valence-electron chi connectivity index (χ4n) is 2.97. The summed E-state index contributed by atoms with van der Waals surface area (Å²) in [6, 6.07) is 27.0. The minimum atomic E-state index is -0.257. The summed E-state index contributed by atoms with van der Waals surface area (Å²) in [6.45, 7) is 0. The second-order valence-electron chi connectivity index (χ2n) is 6.14. The molecule has 3 aromatic rings. The van der Waals surface area contributed by atoms with Gasteiger partial charge in [-0.25, -0.2) is 4.99 Å². The predicted molar refractivity (Wildman–Crippen MR) is 114 cm³/mol. The van der Waals surface area contributed by atoms with Crippen LogP contribution in [0.25, 0.3) is 0 Å². The number of halogens is 1. The zero-order valence-electron chi connectivity index (χ0n) is 14.5. The average molecular weight is 393 g/mol. The lowest BCUT2D eigenvalue weighted by atomic mass is 10.1.